The van der Waals surface area contributed by atoms with Crippen LogP contribution in [0, 0.1) is 0 Å². The number of ether oxygens (including phenoxy) is 5. The van der Waals surface area contributed by atoms with E-state index in [0.717, 1.165) is 12.8 Å². The van der Waals surface area contributed by atoms with Gasteiger partial charge in [-0.25, -0.2) is 0 Å². The van der Waals surface area contributed by atoms with Gasteiger partial charge in [-0.2, -0.15) is 0 Å². The van der Waals surface area contributed by atoms with Gasteiger partial charge < -0.3 is 23.7 Å². The Hall–Kier alpha value is -1.18. The molecule has 0 saturated heterocycles. The van der Waals surface area contributed by atoms with Crippen LogP contribution in [0.15, 0.2) is 0 Å². The lowest BCUT2D eigenvalue weighted by Gasteiger charge is -2.08. The molecule has 0 aliphatic heterocycles. The highest BCUT2D eigenvalue weighted by Crippen LogP contribution is 1.92. The van der Waals surface area contributed by atoms with Gasteiger partial charge in [0.15, 0.2) is 0 Å². The number of hydrogen-bond acceptors (Lipinski definition) is 7. The molecule has 0 aliphatic rings. The van der Waals surface area contributed by atoms with Gasteiger partial charge in [0.25, 0.3) is 0 Å². The molecule has 0 fully saturated rings. The van der Waals surface area contributed by atoms with Gasteiger partial charge in [-0.1, -0.05) is 13.8 Å². The first-order valence-electron chi connectivity index (χ1n) is 8.25. The molecule has 0 N–H and O–H groups in total. The molecule has 0 aromatic rings. The van der Waals surface area contributed by atoms with Crippen LogP contribution in [-0.4, -0.2) is 64.8 Å². The number of esters is 2. The monoisotopic (exact) mass is 334 g/mol. The molecule has 0 spiro atoms. The van der Waals surface area contributed by atoms with Gasteiger partial charge in [0.1, 0.15) is 13.2 Å². The van der Waals surface area contributed by atoms with E-state index >= 15 is 0 Å². The largest absolute Gasteiger partial charge is 0.463 e. The van der Waals surface area contributed by atoms with Crippen molar-refractivity contribution in [3.63, 3.8) is 0 Å². The first-order chi connectivity index (χ1) is 11.2. The summed E-state index contributed by atoms with van der Waals surface area (Å²) in [4.78, 5) is 22.1. The highest BCUT2D eigenvalue weighted by molar-refractivity contribution is 5.69. The molecule has 0 saturated carbocycles. The van der Waals surface area contributed by atoms with Crippen molar-refractivity contribution in [2.45, 2.75) is 39.5 Å². The van der Waals surface area contributed by atoms with Crippen LogP contribution >= 0.6 is 0 Å². The summed E-state index contributed by atoms with van der Waals surface area (Å²) in [5.74, 6) is -0.380. The van der Waals surface area contributed by atoms with E-state index in [4.69, 9.17) is 23.7 Å². The van der Waals surface area contributed by atoms with E-state index in [-0.39, 0.29) is 25.2 Å². The zero-order chi connectivity index (χ0) is 17.2. The van der Waals surface area contributed by atoms with E-state index in [1.54, 1.807) is 0 Å². The van der Waals surface area contributed by atoms with Crippen LogP contribution in [0.3, 0.4) is 0 Å². The molecule has 0 aromatic carbocycles. The summed E-state index contributed by atoms with van der Waals surface area (Å²) in [7, 11) is 0. The van der Waals surface area contributed by atoms with Crippen LogP contribution in [0.4, 0.5) is 0 Å². The van der Waals surface area contributed by atoms with Gasteiger partial charge >= 0.3 is 11.9 Å². The minimum atomic E-state index is -0.190. The predicted octanol–water partition coefficient (Wildman–Crippen LogP) is 1.72. The molecule has 0 unspecified atom stereocenters. The first kappa shape index (κ1) is 21.8. The lowest BCUT2D eigenvalue weighted by molar-refractivity contribution is -0.146. The van der Waals surface area contributed by atoms with Gasteiger partial charge in [-0.3, -0.25) is 9.59 Å². The Kier molecular flexibility index (Phi) is 16.3. The molecule has 0 atom stereocenters. The molecular formula is C16H30O7. The number of rotatable bonds is 16. The van der Waals surface area contributed by atoms with Crippen molar-refractivity contribution in [2.24, 2.45) is 0 Å². The molecule has 136 valence electrons. The van der Waals surface area contributed by atoms with Crippen molar-refractivity contribution < 1.29 is 33.3 Å². The maximum Gasteiger partial charge on any atom is 0.305 e. The molecule has 7 nitrogen and oxygen atoms in total. The minimum Gasteiger partial charge on any atom is -0.463 e. The number of carbonyl (C=O) groups is 2. The van der Waals surface area contributed by atoms with Crippen molar-refractivity contribution >= 4 is 11.9 Å². The summed E-state index contributed by atoms with van der Waals surface area (Å²) < 4.78 is 25.7. The smallest absolute Gasteiger partial charge is 0.305 e. The van der Waals surface area contributed by atoms with Crippen molar-refractivity contribution in [1.29, 1.82) is 0 Å². The number of hydrogen-bond donors (Lipinski definition) is 0. The molecule has 0 aliphatic carbocycles. The summed E-state index contributed by atoms with van der Waals surface area (Å²) in [5, 5.41) is 0. The van der Waals surface area contributed by atoms with E-state index < -0.39 is 0 Å². The fourth-order valence-electron chi connectivity index (χ4n) is 1.52. The second-order valence-corrected chi connectivity index (χ2v) is 4.78. The molecule has 0 amide bonds. The maximum absolute atomic E-state index is 11.1. The number of carbonyl (C=O) groups excluding carboxylic acids is 2. The topological polar surface area (TPSA) is 80.3 Å². The predicted molar refractivity (Wildman–Crippen MR) is 84.2 cm³/mol. The van der Waals surface area contributed by atoms with Crippen molar-refractivity contribution in [2.75, 3.05) is 52.9 Å². The van der Waals surface area contributed by atoms with Gasteiger partial charge in [0, 0.05) is 12.8 Å². The van der Waals surface area contributed by atoms with Gasteiger partial charge in [-0.05, 0) is 12.8 Å². The summed E-state index contributed by atoms with van der Waals surface area (Å²) >= 11 is 0. The Morgan fingerprint density at radius 2 is 0.870 bits per heavy atom. The second-order valence-electron chi connectivity index (χ2n) is 4.78. The van der Waals surface area contributed by atoms with E-state index in [9.17, 15) is 9.59 Å². The maximum atomic E-state index is 11.1. The Bertz CT molecular complexity index is 266. The summed E-state index contributed by atoms with van der Waals surface area (Å²) in [6, 6.07) is 0. The highest BCUT2D eigenvalue weighted by Gasteiger charge is 2.00. The molecule has 0 heterocycles. The standard InChI is InChI=1S/C16H30O7/c1-3-5-15(17)22-13-11-20-9-7-19-8-10-21-12-14-23-16(18)6-4-2/h3-14H2,1-2H3. The van der Waals surface area contributed by atoms with E-state index in [2.05, 4.69) is 0 Å². The van der Waals surface area contributed by atoms with Crippen LogP contribution in [0.25, 0.3) is 0 Å². The quantitative estimate of drug-likeness (QED) is 0.314. The third kappa shape index (κ3) is 17.0. The second kappa shape index (κ2) is 17.2. The minimum absolute atomic E-state index is 0.190. The molecule has 0 bridgehead atoms. The third-order valence-corrected chi connectivity index (χ3v) is 2.63. The Morgan fingerprint density at radius 3 is 1.17 bits per heavy atom. The summed E-state index contributed by atoms with van der Waals surface area (Å²) in [6.07, 6.45) is 2.47. The first-order valence-corrected chi connectivity index (χ1v) is 8.25. The Balaban J connectivity index is 3.11. The lowest BCUT2D eigenvalue weighted by Crippen LogP contribution is -2.15. The van der Waals surface area contributed by atoms with Gasteiger partial charge in [0.2, 0.25) is 0 Å². The van der Waals surface area contributed by atoms with Crippen LogP contribution in [0.5, 0.6) is 0 Å². The van der Waals surface area contributed by atoms with Crippen LogP contribution < -0.4 is 0 Å². The summed E-state index contributed by atoms with van der Waals surface area (Å²) in [5.41, 5.74) is 0. The zero-order valence-electron chi connectivity index (χ0n) is 14.3. The van der Waals surface area contributed by atoms with Crippen molar-refractivity contribution in [3.8, 4) is 0 Å². The zero-order valence-corrected chi connectivity index (χ0v) is 14.3. The average Bonchev–Trinajstić information content (AvgIpc) is 2.52. The molecule has 0 aromatic heterocycles. The van der Waals surface area contributed by atoms with Gasteiger partial charge in [0.05, 0.1) is 39.6 Å². The van der Waals surface area contributed by atoms with Crippen LogP contribution in [0.2, 0.25) is 0 Å². The fraction of sp³-hybridized carbons (Fsp3) is 0.875. The Morgan fingerprint density at radius 1 is 0.565 bits per heavy atom. The van der Waals surface area contributed by atoms with Crippen LogP contribution in [0.1, 0.15) is 39.5 Å². The van der Waals surface area contributed by atoms with E-state index in [1.165, 1.54) is 0 Å². The van der Waals surface area contributed by atoms with E-state index in [0.29, 0.717) is 52.5 Å². The van der Waals surface area contributed by atoms with Crippen LogP contribution in [-0.2, 0) is 33.3 Å². The van der Waals surface area contributed by atoms with Crippen molar-refractivity contribution in [1.82, 2.24) is 0 Å². The highest BCUT2D eigenvalue weighted by atomic mass is 16.6. The lowest BCUT2D eigenvalue weighted by atomic mass is 10.3. The molecule has 23 heavy (non-hydrogen) atoms. The molecule has 0 radical (unpaired) electrons. The average molecular weight is 334 g/mol. The third-order valence-electron chi connectivity index (χ3n) is 2.63. The fourth-order valence-corrected chi connectivity index (χ4v) is 1.52. The molecular weight excluding hydrogens is 304 g/mol. The SMILES string of the molecule is CCCC(=O)OCCOCCOCCOCCOC(=O)CCC. The molecule has 0 rings (SSSR count). The van der Waals surface area contributed by atoms with E-state index in [1.807, 2.05) is 13.8 Å². The summed E-state index contributed by atoms with van der Waals surface area (Å²) in [6.45, 7) is 6.96. The normalized spacial score (nSPS) is 10.5. The van der Waals surface area contributed by atoms with Gasteiger partial charge in [-0.15, -0.1) is 0 Å². The Labute approximate surface area is 138 Å². The van der Waals surface area contributed by atoms with Crippen molar-refractivity contribution in [3.05, 3.63) is 0 Å². The molecule has 7 heteroatoms.